The Bertz CT molecular complexity index is 706. The van der Waals surface area contributed by atoms with Gasteiger partial charge in [0.1, 0.15) is 11.3 Å². The number of fused-ring (bicyclic) bond motifs is 2. The number of hydrogen-bond donors (Lipinski definition) is 0. The normalized spacial score (nSPS) is 23.3. The van der Waals surface area contributed by atoms with E-state index in [2.05, 4.69) is 11.1 Å². The average molecular weight is 262 g/mol. The van der Waals surface area contributed by atoms with E-state index in [0.717, 1.165) is 29.1 Å². The third kappa shape index (κ3) is 1.67. The summed E-state index contributed by atoms with van der Waals surface area (Å²) in [7, 11) is 0. The summed E-state index contributed by atoms with van der Waals surface area (Å²) in [6.07, 6.45) is 2.81. The predicted octanol–water partition coefficient (Wildman–Crippen LogP) is 3.20. The molecule has 2 aliphatic heterocycles. The summed E-state index contributed by atoms with van der Waals surface area (Å²) in [4.78, 5) is 9.46. The highest BCUT2D eigenvalue weighted by Crippen LogP contribution is 2.41. The Morgan fingerprint density at radius 2 is 1.75 bits per heavy atom. The first-order chi connectivity index (χ1) is 9.87. The van der Waals surface area contributed by atoms with Crippen molar-refractivity contribution in [3.05, 3.63) is 65.7 Å². The van der Waals surface area contributed by atoms with Gasteiger partial charge in [-0.1, -0.05) is 48.5 Å². The lowest BCUT2D eigenvalue weighted by Gasteiger charge is -2.30. The first-order valence-electron chi connectivity index (χ1n) is 6.80. The predicted molar refractivity (Wildman–Crippen MR) is 79.7 cm³/mol. The lowest BCUT2D eigenvalue weighted by molar-refractivity contribution is 0.253. The molecule has 1 atom stereocenters. The quantitative estimate of drug-likeness (QED) is 0.777. The Kier molecular flexibility index (Phi) is 2.46. The van der Waals surface area contributed by atoms with Crippen molar-refractivity contribution in [1.29, 1.82) is 0 Å². The van der Waals surface area contributed by atoms with Crippen molar-refractivity contribution >= 4 is 12.1 Å². The van der Waals surface area contributed by atoms with Crippen LogP contribution in [0.15, 0.2) is 64.6 Å². The van der Waals surface area contributed by atoms with Crippen LogP contribution in [0.2, 0.25) is 0 Å². The largest absolute Gasteiger partial charge is 0.493 e. The molecule has 0 fully saturated rings. The Hall–Kier alpha value is -2.42. The van der Waals surface area contributed by atoms with Crippen LogP contribution in [0.4, 0.5) is 0 Å². The van der Waals surface area contributed by atoms with E-state index >= 15 is 0 Å². The highest BCUT2D eigenvalue weighted by molar-refractivity contribution is 6.08. The van der Waals surface area contributed by atoms with E-state index in [1.165, 1.54) is 0 Å². The van der Waals surface area contributed by atoms with E-state index in [0.29, 0.717) is 6.61 Å². The van der Waals surface area contributed by atoms with Gasteiger partial charge in [0.25, 0.3) is 0 Å². The number of amidine groups is 1. The van der Waals surface area contributed by atoms with Crippen molar-refractivity contribution in [2.75, 3.05) is 6.61 Å². The molecule has 3 nitrogen and oxygen atoms in total. The zero-order valence-electron chi connectivity index (χ0n) is 11.0. The standard InChI is InChI=1S/C17H14N2O/c1-2-6-13(7-3-1)16-18-12-17(19-16)10-11-20-15-9-5-4-8-14(15)17/h1-9,12H,10-11H2. The fourth-order valence-corrected chi connectivity index (χ4v) is 2.79. The molecule has 0 saturated carbocycles. The molecule has 3 heteroatoms. The molecule has 2 aromatic rings. The lowest BCUT2D eigenvalue weighted by Crippen LogP contribution is -2.31. The first kappa shape index (κ1) is 11.4. The van der Waals surface area contributed by atoms with Crippen molar-refractivity contribution in [3.8, 4) is 5.75 Å². The monoisotopic (exact) mass is 262 g/mol. The Morgan fingerprint density at radius 3 is 2.65 bits per heavy atom. The van der Waals surface area contributed by atoms with Crippen molar-refractivity contribution in [2.45, 2.75) is 12.0 Å². The number of ether oxygens (including phenoxy) is 1. The van der Waals surface area contributed by atoms with Gasteiger partial charge in [0, 0.05) is 23.8 Å². The van der Waals surface area contributed by atoms with Crippen molar-refractivity contribution < 1.29 is 4.74 Å². The van der Waals surface area contributed by atoms with Gasteiger partial charge < -0.3 is 4.74 Å². The average Bonchev–Trinajstić information content (AvgIpc) is 2.94. The minimum Gasteiger partial charge on any atom is -0.493 e. The third-order valence-corrected chi connectivity index (χ3v) is 3.83. The van der Waals surface area contributed by atoms with E-state index in [9.17, 15) is 0 Å². The Labute approximate surface area is 117 Å². The van der Waals surface area contributed by atoms with Crippen LogP contribution in [0.1, 0.15) is 17.5 Å². The number of aliphatic imine (C=N–C) groups is 2. The molecule has 2 heterocycles. The maximum atomic E-state index is 5.72. The lowest BCUT2D eigenvalue weighted by atomic mass is 9.86. The molecule has 0 radical (unpaired) electrons. The van der Waals surface area contributed by atoms with Crippen LogP contribution in [-0.2, 0) is 5.54 Å². The molecule has 0 saturated heterocycles. The van der Waals surface area contributed by atoms with Crippen molar-refractivity contribution in [1.82, 2.24) is 0 Å². The summed E-state index contributed by atoms with van der Waals surface area (Å²) < 4.78 is 5.72. The maximum Gasteiger partial charge on any atom is 0.155 e. The fourth-order valence-electron chi connectivity index (χ4n) is 2.79. The molecular weight excluding hydrogens is 248 g/mol. The van der Waals surface area contributed by atoms with Gasteiger partial charge in [-0.05, 0) is 6.07 Å². The minimum atomic E-state index is -0.347. The van der Waals surface area contributed by atoms with Gasteiger partial charge >= 0.3 is 0 Å². The number of benzene rings is 2. The summed E-state index contributed by atoms with van der Waals surface area (Å²) in [6.45, 7) is 0.675. The van der Waals surface area contributed by atoms with Gasteiger partial charge in [-0.3, -0.25) is 0 Å². The van der Waals surface area contributed by atoms with Crippen LogP contribution in [0.25, 0.3) is 0 Å². The van der Waals surface area contributed by atoms with Gasteiger partial charge in [0.2, 0.25) is 0 Å². The molecule has 2 aliphatic rings. The Balaban J connectivity index is 1.82. The zero-order valence-corrected chi connectivity index (χ0v) is 11.0. The molecular formula is C17H14N2O. The summed E-state index contributed by atoms with van der Waals surface area (Å²) in [5.41, 5.74) is 1.82. The minimum absolute atomic E-state index is 0.347. The molecule has 0 amide bonds. The van der Waals surface area contributed by atoms with Gasteiger partial charge in [-0.25, -0.2) is 9.98 Å². The zero-order chi connectivity index (χ0) is 13.4. The van der Waals surface area contributed by atoms with E-state index in [4.69, 9.17) is 9.73 Å². The molecule has 0 bridgehead atoms. The molecule has 0 aromatic heterocycles. The van der Waals surface area contributed by atoms with Crippen LogP contribution in [0.5, 0.6) is 5.75 Å². The van der Waals surface area contributed by atoms with Gasteiger partial charge in [-0.15, -0.1) is 0 Å². The van der Waals surface area contributed by atoms with Gasteiger partial charge in [0.05, 0.1) is 6.61 Å². The molecule has 0 N–H and O–H groups in total. The van der Waals surface area contributed by atoms with E-state index < -0.39 is 0 Å². The number of nitrogens with zero attached hydrogens (tertiary/aromatic N) is 2. The Morgan fingerprint density at radius 1 is 0.950 bits per heavy atom. The SMILES string of the molecule is C1=NC(c2ccccc2)=NC12CCOc1ccccc12. The van der Waals surface area contributed by atoms with Crippen LogP contribution in [-0.4, -0.2) is 18.7 Å². The second-order valence-electron chi connectivity index (χ2n) is 5.08. The topological polar surface area (TPSA) is 34.0 Å². The molecule has 2 aromatic carbocycles. The smallest absolute Gasteiger partial charge is 0.155 e. The second-order valence-corrected chi connectivity index (χ2v) is 5.08. The molecule has 20 heavy (non-hydrogen) atoms. The second kappa shape index (κ2) is 4.30. The number of rotatable bonds is 1. The van der Waals surface area contributed by atoms with E-state index in [-0.39, 0.29) is 5.54 Å². The van der Waals surface area contributed by atoms with Gasteiger partial charge in [0.15, 0.2) is 5.84 Å². The van der Waals surface area contributed by atoms with Crippen LogP contribution >= 0.6 is 0 Å². The molecule has 1 unspecified atom stereocenters. The number of para-hydroxylation sites is 1. The highest BCUT2D eigenvalue weighted by atomic mass is 16.5. The summed E-state index contributed by atoms with van der Waals surface area (Å²) in [5, 5.41) is 0. The third-order valence-electron chi connectivity index (χ3n) is 3.83. The molecule has 98 valence electrons. The highest BCUT2D eigenvalue weighted by Gasteiger charge is 2.39. The van der Waals surface area contributed by atoms with Crippen molar-refractivity contribution in [2.24, 2.45) is 9.98 Å². The number of hydrogen-bond acceptors (Lipinski definition) is 3. The molecule has 1 spiro atoms. The molecule has 0 aliphatic carbocycles. The molecule has 4 rings (SSSR count). The fraction of sp³-hybridized carbons (Fsp3) is 0.176. The summed E-state index contributed by atoms with van der Waals surface area (Å²) in [6, 6.07) is 18.2. The first-order valence-corrected chi connectivity index (χ1v) is 6.80. The van der Waals surface area contributed by atoms with E-state index in [1.807, 2.05) is 54.7 Å². The van der Waals surface area contributed by atoms with Gasteiger partial charge in [-0.2, -0.15) is 0 Å². The maximum absolute atomic E-state index is 5.72. The summed E-state index contributed by atoms with van der Waals surface area (Å²) in [5.74, 6) is 1.73. The summed E-state index contributed by atoms with van der Waals surface area (Å²) >= 11 is 0. The van der Waals surface area contributed by atoms with Crippen molar-refractivity contribution in [3.63, 3.8) is 0 Å². The van der Waals surface area contributed by atoms with Crippen LogP contribution < -0.4 is 4.74 Å². The van der Waals surface area contributed by atoms with Crippen LogP contribution in [0.3, 0.4) is 0 Å². The van der Waals surface area contributed by atoms with E-state index in [1.54, 1.807) is 0 Å². The van der Waals surface area contributed by atoms with Crippen LogP contribution in [0, 0.1) is 0 Å².